The molecule has 13 heavy (non-hydrogen) atoms. The van der Waals surface area contributed by atoms with E-state index in [4.69, 9.17) is 10.5 Å². The fourth-order valence-corrected chi connectivity index (χ4v) is 1.13. The van der Waals surface area contributed by atoms with Gasteiger partial charge in [0, 0.05) is 0 Å². The van der Waals surface area contributed by atoms with Crippen LogP contribution in [0.2, 0.25) is 0 Å². The van der Waals surface area contributed by atoms with Gasteiger partial charge in [-0.05, 0) is 20.8 Å². The minimum Gasteiger partial charge on any atom is -0.455 e. The van der Waals surface area contributed by atoms with Crippen molar-refractivity contribution in [3.8, 4) is 0 Å². The molecule has 0 saturated carbocycles. The molecule has 0 bridgehead atoms. The number of ether oxygens (including phenoxy) is 1. The predicted octanol–water partition coefficient (Wildman–Crippen LogP) is 1.08. The zero-order valence-electron chi connectivity index (χ0n) is 7.70. The summed E-state index contributed by atoms with van der Waals surface area (Å²) in [6.07, 6.45) is 0. The Balaban J connectivity index is 2.70. The number of nitrogens with zero attached hydrogens (tertiary/aromatic N) is 2. The molecule has 6 heteroatoms. The van der Waals surface area contributed by atoms with E-state index >= 15 is 0 Å². The first kappa shape index (κ1) is 9.91. The molecule has 1 aromatic heterocycles. The van der Waals surface area contributed by atoms with Crippen LogP contribution in [0.15, 0.2) is 0 Å². The van der Waals surface area contributed by atoms with Crippen molar-refractivity contribution in [1.29, 1.82) is 0 Å². The summed E-state index contributed by atoms with van der Waals surface area (Å²) < 4.78 is 5.05. The summed E-state index contributed by atoms with van der Waals surface area (Å²) in [4.78, 5) is 11.3. The normalized spacial score (nSPS) is 11.3. The molecule has 1 heterocycles. The molecule has 0 aliphatic rings. The summed E-state index contributed by atoms with van der Waals surface area (Å²) in [6, 6.07) is 0. The Bertz CT molecular complexity index is 316. The SMILES string of the molecule is CC(C)(C)OC(=O)c1nnc(N)s1. The van der Waals surface area contributed by atoms with E-state index in [9.17, 15) is 4.79 Å². The van der Waals surface area contributed by atoms with E-state index in [1.165, 1.54) is 0 Å². The van der Waals surface area contributed by atoms with Crippen LogP contribution in [0.3, 0.4) is 0 Å². The topological polar surface area (TPSA) is 78.1 Å². The van der Waals surface area contributed by atoms with Crippen molar-refractivity contribution < 1.29 is 9.53 Å². The number of anilines is 1. The molecular weight excluding hydrogens is 190 g/mol. The van der Waals surface area contributed by atoms with Gasteiger partial charge in [-0.2, -0.15) is 0 Å². The first-order valence-electron chi connectivity index (χ1n) is 3.71. The summed E-state index contributed by atoms with van der Waals surface area (Å²) in [7, 11) is 0. The van der Waals surface area contributed by atoms with Crippen molar-refractivity contribution in [2.45, 2.75) is 26.4 Å². The zero-order chi connectivity index (χ0) is 10.1. The van der Waals surface area contributed by atoms with Gasteiger partial charge < -0.3 is 10.5 Å². The fourth-order valence-electron chi connectivity index (χ4n) is 0.639. The Kier molecular flexibility index (Phi) is 2.51. The number of hydrogen-bond donors (Lipinski definition) is 1. The molecule has 0 spiro atoms. The summed E-state index contributed by atoms with van der Waals surface area (Å²) in [5.41, 5.74) is 4.80. The lowest BCUT2D eigenvalue weighted by Crippen LogP contribution is -2.23. The van der Waals surface area contributed by atoms with E-state index in [0.29, 0.717) is 0 Å². The second kappa shape index (κ2) is 3.29. The monoisotopic (exact) mass is 201 g/mol. The average Bonchev–Trinajstić information content (AvgIpc) is 2.31. The fraction of sp³-hybridized carbons (Fsp3) is 0.571. The largest absolute Gasteiger partial charge is 0.455 e. The van der Waals surface area contributed by atoms with Gasteiger partial charge in [0.2, 0.25) is 10.1 Å². The Morgan fingerprint density at radius 3 is 2.46 bits per heavy atom. The van der Waals surface area contributed by atoms with Crippen molar-refractivity contribution in [1.82, 2.24) is 10.2 Å². The molecule has 72 valence electrons. The molecule has 0 amide bonds. The smallest absolute Gasteiger partial charge is 0.370 e. The maximum atomic E-state index is 11.3. The molecule has 1 rings (SSSR count). The third kappa shape index (κ3) is 2.98. The number of nitrogens with two attached hydrogens (primary N) is 1. The number of aromatic nitrogens is 2. The number of nitrogen functional groups attached to an aromatic ring is 1. The average molecular weight is 201 g/mol. The summed E-state index contributed by atoms with van der Waals surface area (Å²) in [6.45, 7) is 5.36. The molecule has 0 fully saturated rings. The maximum Gasteiger partial charge on any atom is 0.370 e. The number of carbonyl (C=O) groups excluding carboxylic acids is 1. The van der Waals surface area contributed by atoms with Crippen molar-refractivity contribution in [3.63, 3.8) is 0 Å². The van der Waals surface area contributed by atoms with Crippen LogP contribution in [0.25, 0.3) is 0 Å². The minimum atomic E-state index is -0.516. The van der Waals surface area contributed by atoms with E-state index in [2.05, 4.69) is 10.2 Å². The summed E-state index contributed by atoms with van der Waals surface area (Å²) in [5.74, 6) is -0.485. The highest BCUT2D eigenvalue weighted by atomic mass is 32.1. The molecule has 0 atom stereocenters. The lowest BCUT2D eigenvalue weighted by molar-refractivity contribution is 0.00683. The molecule has 0 aliphatic heterocycles. The van der Waals surface area contributed by atoms with E-state index in [1.807, 2.05) is 0 Å². The highest BCUT2D eigenvalue weighted by Crippen LogP contribution is 2.16. The van der Waals surface area contributed by atoms with E-state index in [1.54, 1.807) is 20.8 Å². The number of esters is 1. The van der Waals surface area contributed by atoms with Crippen LogP contribution in [0.1, 0.15) is 30.6 Å². The molecular formula is C7H11N3O2S. The molecule has 1 aromatic rings. The molecule has 2 N–H and O–H groups in total. The van der Waals surface area contributed by atoms with Crippen LogP contribution in [-0.4, -0.2) is 21.8 Å². The van der Waals surface area contributed by atoms with Gasteiger partial charge in [0.1, 0.15) is 5.60 Å². The van der Waals surface area contributed by atoms with E-state index < -0.39 is 11.6 Å². The number of carbonyl (C=O) groups is 1. The number of hydrogen-bond acceptors (Lipinski definition) is 6. The van der Waals surface area contributed by atoms with Gasteiger partial charge in [-0.3, -0.25) is 0 Å². The van der Waals surface area contributed by atoms with Crippen LogP contribution < -0.4 is 5.73 Å². The molecule has 0 aromatic carbocycles. The minimum absolute atomic E-state index is 0.187. The van der Waals surface area contributed by atoms with E-state index in [0.717, 1.165) is 11.3 Å². The van der Waals surface area contributed by atoms with Crippen molar-refractivity contribution in [2.75, 3.05) is 5.73 Å². The van der Waals surface area contributed by atoms with Crippen molar-refractivity contribution >= 4 is 22.4 Å². The van der Waals surface area contributed by atoms with Crippen LogP contribution in [-0.2, 0) is 4.74 Å². The molecule has 0 aliphatic carbocycles. The standard InChI is InChI=1S/C7H11N3O2S/c1-7(2,3)12-5(11)4-9-10-6(8)13-4/h1-3H3,(H2,8,10). The Labute approximate surface area is 79.9 Å². The van der Waals surface area contributed by atoms with Gasteiger partial charge in [-0.25, -0.2) is 4.79 Å². The van der Waals surface area contributed by atoms with Crippen LogP contribution in [0.5, 0.6) is 0 Å². The first-order chi connectivity index (χ1) is 5.88. The van der Waals surface area contributed by atoms with Gasteiger partial charge in [0.25, 0.3) is 0 Å². The van der Waals surface area contributed by atoms with Gasteiger partial charge >= 0.3 is 5.97 Å². The Morgan fingerprint density at radius 1 is 1.46 bits per heavy atom. The van der Waals surface area contributed by atoms with Crippen LogP contribution in [0.4, 0.5) is 5.13 Å². The van der Waals surface area contributed by atoms with Crippen molar-refractivity contribution in [2.24, 2.45) is 0 Å². The highest BCUT2D eigenvalue weighted by molar-refractivity contribution is 7.16. The Hall–Kier alpha value is -1.17. The lowest BCUT2D eigenvalue weighted by atomic mass is 10.2. The lowest BCUT2D eigenvalue weighted by Gasteiger charge is -2.17. The second-order valence-electron chi connectivity index (χ2n) is 3.45. The third-order valence-corrected chi connectivity index (χ3v) is 1.75. The Morgan fingerprint density at radius 2 is 2.08 bits per heavy atom. The summed E-state index contributed by atoms with van der Waals surface area (Å²) in [5, 5.41) is 7.53. The zero-order valence-corrected chi connectivity index (χ0v) is 8.51. The number of rotatable bonds is 1. The third-order valence-electron chi connectivity index (χ3n) is 1.01. The van der Waals surface area contributed by atoms with Gasteiger partial charge in [-0.1, -0.05) is 11.3 Å². The van der Waals surface area contributed by atoms with Crippen molar-refractivity contribution in [3.05, 3.63) is 5.01 Å². The van der Waals surface area contributed by atoms with Gasteiger partial charge in [0.05, 0.1) is 0 Å². The quantitative estimate of drug-likeness (QED) is 0.688. The maximum absolute atomic E-state index is 11.3. The summed E-state index contributed by atoms with van der Waals surface area (Å²) >= 11 is 1.02. The van der Waals surface area contributed by atoms with Crippen LogP contribution >= 0.6 is 11.3 Å². The van der Waals surface area contributed by atoms with Crippen LogP contribution in [0, 0.1) is 0 Å². The highest BCUT2D eigenvalue weighted by Gasteiger charge is 2.20. The van der Waals surface area contributed by atoms with Gasteiger partial charge in [-0.15, -0.1) is 10.2 Å². The molecule has 5 nitrogen and oxygen atoms in total. The van der Waals surface area contributed by atoms with E-state index in [-0.39, 0.29) is 10.1 Å². The molecule has 0 radical (unpaired) electrons. The second-order valence-corrected chi connectivity index (χ2v) is 4.46. The predicted molar refractivity (Wildman–Crippen MR) is 49.5 cm³/mol. The first-order valence-corrected chi connectivity index (χ1v) is 4.52. The van der Waals surface area contributed by atoms with Gasteiger partial charge in [0.15, 0.2) is 0 Å². The molecule has 0 saturated heterocycles. The molecule has 0 unspecified atom stereocenters.